The number of carbonyl (C=O) groups is 1. The molecule has 0 bridgehead atoms. The topological polar surface area (TPSA) is 30.0 Å². The monoisotopic (exact) mass is 271 g/mol. The van der Waals surface area contributed by atoms with Crippen molar-refractivity contribution in [3.8, 4) is 0 Å². The van der Waals surface area contributed by atoms with Gasteiger partial charge in [-0.3, -0.25) is 9.78 Å². The normalized spacial score (nSPS) is 21.1. The number of nitrogens with zero attached hydrogens (tertiary/aromatic N) is 1. The van der Waals surface area contributed by atoms with Gasteiger partial charge in [-0.25, -0.2) is 13.2 Å². The second-order valence-corrected chi connectivity index (χ2v) is 5.53. The molecule has 19 heavy (non-hydrogen) atoms. The van der Waals surface area contributed by atoms with E-state index in [0.29, 0.717) is 0 Å². The third-order valence-corrected chi connectivity index (χ3v) is 3.90. The van der Waals surface area contributed by atoms with Crippen LogP contribution < -0.4 is 0 Å². The first kappa shape index (κ1) is 14.0. The van der Waals surface area contributed by atoms with Crippen LogP contribution in [0.3, 0.4) is 0 Å². The fraction of sp³-hybridized carbons (Fsp3) is 0.571. The fourth-order valence-corrected chi connectivity index (χ4v) is 2.48. The molecule has 1 aliphatic rings. The van der Waals surface area contributed by atoms with E-state index in [1.807, 2.05) is 0 Å². The van der Waals surface area contributed by atoms with E-state index < -0.39 is 17.2 Å². The number of Topliss-reactive ketones (excluding diaryl/α,β-unsaturated/α-hetero) is 1. The summed E-state index contributed by atoms with van der Waals surface area (Å²) in [6.07, 6.45) is 1.21. The Labute approximate surface area is 110 Å². The molecule has 5 heteroatoms. The largest absolute Gasteiger partial charge is 0.294 e. The van der Waals surface area contributed by atoms with Crippen LogP contribution in [-0.4, -0.2) is 16.7 Å². The minimum absolute atomic E-state index is 0.188. The van der Waals surface area contributed by atoms with Gasteiger partial charge in [-0.15, -0.1) is 0 Å². The molecule has 2 rings (SSSR count). The van der Waals surface area contributed by atoms with Gasteiger partial charge in [0.1, 0.15) is 5.82 Å². The molecule has 0 saturated heterocycles. The first-order chi connectivity index (χ1) is 8.73. The zero-order valence-corrected chi connectivity index (χ0v) is 11.0. The highest BCUT2D eigenvalue weighted by Gasteiger charge is 2.43. The molecule has 1 aliphatic carbocycles. The Balaban J connectivity index is 2.29. The van der Waals surface area contributed by atoms with Gasteiger partial charge in [-0.05, 0) is 25.8 Å². The Bertz CT molecular complexity index is 503. The molecule has 1 aromatic rings. The second kappa shape index (κ2) is 4.62. The summed E-state index contributed by atoms with van der Waals surface area (Å²) in [6, 6.07) is 1.14. The van der Waals surface area contributed by atoms with Gasteiger partial charge in [0.25, 0.3) is 0 Å². The lowest BCUT2D eigenvalue weighted by molar-refractivity contribution is -0.0506. The Hall–Kier alpha value is -1.39. The molecule has 1 saturated carbocycles. The fourth-order valence-electron chi connectivity index (χ4n) is 2.48. The molecule has 0 N–H and O–H groups in total. The third kappa shape index (κ3) is 2.80. The van der Waals surface area contributed by atoms with Crippen LogP contribution in [0.1, 0.15) is 55.6 Å². The predicted octanol–water partition coefficient (Wildman–Crippen LogP) is 3.89. The highest BCUT2D eigenvalue weighted by molar-refractivity contribution is 5.93. The SMILES string of the molecule is CC(=O)c1cnc(C2(C)CCC(F)(F)CC2)c(F)c1. The van der Waals surface area contributed by atoms with E-state index in [1.165, 1.54) is 13.1 Å². The molecule has 0 spiro atoms. The van der Waals surface area contributed by atoms with Gasteiger partial charge < -0.3 is 0 Å². The van der Waals surface area contributed by atoms with Crippen molar-refractivity contribution in [2.75, 3.05) is 0 Å². The molecule has 104 valence electrons. The summed E-state index contributed by atoms with van der Waals surface area (Å²) >= 11 is 0. The van der Waals surface area contributed by atoms with Crippen LogP contribution >= 0.6 is 0 Å². The summed E-state index contributed by atoms with van der Waals surface area (Å²) in [4.78, 5) is 15.1. The number of hydrogen-bond acceptors (Lipinski definition) is 2. The summed E-state index contributed by atoms with van der Waals surface area (Å²) in [7, 11) is 0. The third-order valence-electron chi connectivity index (χ3n) is 3.90. The van der Waals surface area contributed by atoms with E-state index in [1.54, 1.807) is 6.92 Å². The quantitative estimate of drug-likeness (QED) is 0.764. The van der Waals surface area contributed by atoms with Crippen molar-refractivity contribution < 1.29 is 18.0 Å². The highest BCUT2D eigenvalue weighted by atomic mass is 19.3. The van der Waals surface area contributed by atoms with E-state index in [-0.39, 0.29) is 42.7 Å². The number of pyridine rings is 1. The van der Waals surface area contributed by atoms with Gasteiger partial charge >= 0.3 is 0 Å². The van der Waals surface area contributed by atoms with Gasteiger partial charge in [0.2, 0.25) is 5.92 Å². The summed E-state index contributed by atoms with van der Waals surface area (Å²) in [5, 5.41) is 0. The maximum Gasteiger partial charge on any atom is 0.248 e. The lowest BCUT2D eigenvalue weighted by atomic mass is 9.71. The summed E-state index contributed by atoms with van der Waals surface area (Å²) in [5.74, 6) is -3.51. The molecule has 1 heterocycles. The number of rotatable bonds is 2. The van der Waals surface area contributed by atoms with Crippen LogP contribution in [0.25, 0.3) is 0 Å². The van der Waals surface area contributed by atoms with Gasteiger partial charge in [-0.1, -0.05) is 6.92 Å². The smallest absolute Gasteiger partial charge is 0.248 e. The van der Waals surface area contributed by atoms with Gasteiger partial charge in [0.15, 0.2) is 5.78 Å². The van der Waals surface area contributed by atoms with Crippen molar-refractivity contribution in [2.45, 2.75) is 50.9 Å². The molecule has 0 aromatic carbocycles. The first-order valence-electron chi connectivity index (χ1n) is 6.28. The molecular weight excluding hydrogens is 255 g/mol. The first-order valence-corrected chi connectivity index (χ1v) is 6.28. The number of aromatic nitrogens is 1. The molecule has 0 unspecified atom stereocenters. The minimum Gasteiger partial charge on any atom is -0.294 e. The Kier molecular flexibility index (Phi) is 3.41. The van der Waals surface area contributed by atoms with Crippen molar-refractivity contribution >= 4 is 5.78 Å². The molecule has 2 nitrogen and oxygen atoms in total. The average Bonchev–Trinajstić information content (AvgIpc) is 2.33. The minimum atomic E-state index is -2.66. The predicted molar refractivity (Wildman–Crippen MR) is 65.0 cm³/mol. The lowest BCUT2D eigenvalue weighted by Gasteiger charge is -2.36. The second-order valence-electron chi connectivity index (χ2n) is 5.53. The van der Waals surface area contributed by atoms with Crippen molar-refractivity contribution in [1.82, 2.24) is 4.98 Å². The van der Waals surface area contributed by atoms with Crippen LogP contribution in [0.5, 0.6) is 0 Å². The van der Waals surface area contributed by atoms with Crippen LogP contribution in [0.15, 0.2) is 12.3 Å². The van der Waals surface area contributed by atoms with E-state index in [2.05, 4.69) is 4.98 Å². The van der Waals surface area contributed by atoms with Gasteiger partial charge in [0, 0.05) is 30.0 Å². The molecular formula is C14H16F3NO. The molecule has 0 atom stereocenters. The van der Waals surface area contributed by atoms with Crippen LogP contribution in [-0.2, 0) is 5.41 Å². The molecule has 0 radical (unpaired) electrons. The molecule has 0 aliphatic heterocycles. The van der Waals surface area contributed by atoms with E-state index in [0.717, 1.165) is 6.07 Å². The summed E-state index contributed by atoms with van der Waals surface area (Å²) in [5.41, 5.74) is -0.292. The maximum absolute atomic E-state index is 14.0. The zero-order valence-electron chi connectivity index (χ0n) is 11.0. The summed E-state index contributed by atoms with van der Waals surface area (Å²) < 4.78 is 40.4. The van der Waals surface area contributed by atoms with Gasteiger partial charge in [0.05, 0.1) is 5.69 Å². The number of alkyl halides is 2. The van der Waals surface area contributed by atoms with Crippen LogP contribution in [0.2, 0.25) is 0 Å². The van der Waals surface area contributed by atoms with Gasteiger partial charge in [-0.2, -0.15) is 0 Å². The van der Waals surface area contributed by atoms with Crippen LogP contribution in [0.4, 0.5) is 13.2 Å². The zero-order chi connectivity index (χ0) is 14.3. The average molecular weight is 271 g/mol. The standard InChI is InChI=1S/C14H16F3NO/c1-9(19)10-7-11(15)12(18-8-10)13(2)3-5-14(16,17)6-4-13/h7-8H,3-6H2,1-2H3. The Morgan fingerprint density at radius 3 is 2.32 bits per heavy atom. The number of ketones is 1. The summed E-state index contributed by atoms with van der Waals surface area (Å²) in [6.45, 7) is 3.08. The maximum atomic E-state index is 14.0. The number of hydrogen-bond donors (Lipinski definition) is 0. The van der Waals surface area contributed by atoms with Crippen molar-refractivity contribution in [1.29, 1.82) is 0 Å². The van der Waals surface area contributed by atoms with Crippen molar-refractivity contribution in [3.63, 3.8) is 0 Å². The Morgan fingerprint density at radius 2 is 1.84 bits per heavy atom. The number of carbonyl (C=O) groups excluding carboxylic acids is 1. The van der Waals surface area contributed by atoms with Crippen LogP contribution in [0, 0.1) is 5.82 Å². The highest BCUT2D eigenvalue weighted by Crippen LogP contribution is 2.45. The van der Waals surface area contributed by atoms with E-state index >= 15 is 0 Å². The molecule has 1 fully saturated rings. The van der Waals surface area contributed by atoms with E-state index in [4.69, 9.17) is 0 Å². The molecule has 0 amide bonds. The van der Waals surface area contributed by atoms with Crippen molar-refractivity contribution in [2.24, 2.45) is 0 Å². The lowest BCUT2D eigenvalue weighted by Crippen LogP contribution is -2.35. The Morgan fingerprint density at radius 1 is 1.26 bits per heavy atom. The number of halogens is 3. The van der Waals surface area contributed by atoms with Crippen molar-refractivity contribution in [3.05, 3.63) is 29.3 Å². The van der Waals surface area contributed by atoms with E-state index in [9.17, 15) is 18.0 Å². The molecule has 1 aromatic heterocycles.